The molecule has 1 fully saturated rings. The number of carbonyl (C=O) groups is 1. The van der Waals surface area contributed by atoms with Crippen molar-refractivity contribution in [2.45, 2.75) is 25.8 Å². The third kappa shape index (κ3) is 4.91. The van der Waals surface area contributed by atoms with E-state index in [1.165, 1.54) is 5.56 Å². The van der Waals surface area contributed by atoms with Gasteiger partial charge < -0.3 is 4.90 Å². The molecule has 0 unspecified atom stereocenters. The Balaban J connectivity index is 1.71. The fourth-order valence-corrected chi connectivity index (χ4v) is 2.92. The highest BCUT2D eigenvalue weighted by Crippen LogP contribution is 2.10. The van der Waals surface area contributed by atoms with Gasteiger partial charge in [0.15, 0.2) is 0 Å². The van der Waals surface area contributed by atoms with Gasteiger partial charge in [-0.3, -0.25) is 9.69 Å². The van der Waals surface area contributed by atoms with E-state index in [0.29, 0.717) is 12.3 Å². The number of benzene rings is 1. The van der Waals surface area contributed by atoms with E-state index >= 15 is 0 Å². The third-order valence-corrected chi connectivity index (χ3v) is 4.31. The lowest BCUT2D eigenvalue weighted by Crippen LogP contribution is -2.48. The highest BCUT2D eigenvalue weighted by molar-refractivity contribution is 9.09. The number of hydrogen-bond donors (Lipinski definition) is 0. The van der Waals surface area contributed by atoms with Crippen molar-refractivity contribution in [3.8, 4) is 0 Å². The smallest absolute Gasteiger partial charge is 0.222 e. The molecule has 0 atom stereocenters. The minimum atomic E-state index is 0.324. The van der Waals surface area contributed by atoms with E-state index in [0.717, 1.165) is 50.9 Å². The first-order valence-electron chi connectivity index (χ1n) is 7.39. The van der Waals surface area contributed by atoms with Crippen LogP contribution in [0.3, 0.4) is 0 Å². The largest absolute Gasteiger partial charge is 0.340 e. The van der Waals surface area contributed by atoms with Crippen LogP contribution in [0.15, 0.2) is 30.3 Å². The molecule has 1 aromatic rings. The summed E-state index contributed by atoms with van der Waals surface area (Å²) in [6, 6.07) is 10.5. The number of amides is 1. The summed E-state index contributed by atoms with van der Waals surface area (Å²) < 4.78 is 0. The highest BCUT2D eigenvalue weighted by atomic mass is 79.9. The zero-order valence-corrected chi connectivity index (χ0v) is 13.5. The van der Waals surface area contributed by atoms with Gasteiger partial charge in [0.05, 0.1) is 0 Å². The Morgan fingerprint density at radius 2 is 1.75 bits per heavy atom. The summed E-state index contributed by atoms with van der Waals surface area (Å²) in [5.74, 6) is 0.324. The molecule has 1 aromatic carbocycles. The third-order valence-electron chi connectivity index (χ3n) is 3.75. The number of piperazine rings is 1. The number of hydrogen-bond acceptors (Lipinski definition) is 2. The van der Waals surface area contributed by atoms with Gasteiger partial charge in [-0.2, -0.15) is 0 Å². The van der Waals surface area contributed by atoms with Gasteiger partial charge in [-0.15, -0.1) is 0 Å². The lowest BCUT2D eigenvalue weighted by Gasteiger charge is -2.34. The zero-order chi connectivity index (χ0) is 14.2. The molecule has 0 N–H and O–H groups in total. The summed E-state index contributed by atoms with van der Waals surface area (Å²) in [5, 5.41) is 0.991. The Bertz CT molecular complexity index is 402. The Morgan fingerprint density at radius 3 is 2.40 bits per heavy atom. The van der Waals surface area contributed by atoms with Crippen LogP contribution in [0.1, 0.15) is 24.8 Å². The molecule has 4 heteroatoms. The van der Waals surface area contributed by atoms with E-state index < -0.39 is 0 Å². The molecular weight excluding hydrogens is 316 g/mol. The molecule has 1 amide bonds. The van der Waals surface area contributed by atoms with Crippen molar-refractivity contribution in [1.82, 2.24) is 9.80 Å². The molecule has 0 bridgehead atoms. The molecular formula is C16H23BrN2O. The zero-order valence-electron chi connectivity index (χ0n) is 11.9. The number of unbranched alkanes of at least 4 members (excludes halogenated alkanes) is 1. The van der Waals surface area contributed by atoms with Crippen molar-refractivity contribution < 1.29 is 4.79 Å². The topological polar surface area (TPSA) is 23.6 Å². The second-order valence-corrected chi connectivity index (χ2v) is 6.08. The molecule has 1 aliphatic heterocycles. The van der Waals surface area contributed by atoms with E-state index in [-0.39, 0.29) is 0 Å². The van der Waals surface area contributed by atoms with Crippen LogP contribution in [0.2, 0.25) is 0 Å². The fourth-order valence-electron chi connectivity index (χ4n) is 2.53. The molecule has 1 saturated heterocycles. The first kappa shape index (κ1) is 15.5. The van der Waals surface area contributed by atoms with Crippen molar-refractivity contribution >= 4 is 21.8 Å². The molecule has 0 saturated carbocycles. The molecule has 0 radical (unpaired) electrons. The minimum Gasteiger partial charge on any atom is -0.340 e. The predicted molar refractivity (Wildman–Crippen MR) is 85.9 cm³/mol. The standard InChI is InChI=1S/C16H23BrN2O/c17-9-5-4-8-16(20)19-12-10-18(11-13-19)14-15-6-2-1-3-7-15/h1-3,6-7H,4-5,8-14H2. The van der Waals surface area contributed by atoms with Crippen LogP contribution in [0.4, 0.5) is 0 Å². The quantitative estimate of drug-likeness (QED) is 0.588. The van der Waals surface area contributed by atoms with Gasteiger partial charge in [0.1, 0.15) is 0 Å². The molecule has 110 valence electrons. The summed E-state index contributed by atoms with van der Waals surface area (Å²) in [5.41, 5.74) is 1.35. The van der Waals surface area contributed by atoms with Gasteiger partial charge in [-0.1, -0.05) is 46.3 Å². The van der Waals surface area contributed by atoms with Crippen LogP contribution < -0.4 is 0 Å². The van der Waals surface area contributed by atoms with Crippen LogP contribution in [-0.2, 0) is 11.3 Å². The maximum atomic E-state index is 12.0. The molecule has 0 aliphatic carbocycles. The van der Waals surface area contributed by atoms with Crippen LogP contribution in [0.5, 0.6) is 0 Å². The summed E-state index contributed by atoms with van der Waals surface area (Å²) >= 11 is 3.40. The van der Waals surface area contributed by atoms with E-state index in [1.54, 1.807) is 0 Å². The molecule has 0 spiro atoms. The second kappa shape index (κ2) is 8.42. The number of halogens is 1. The normalized spacial score (nSPS) is 16.4. The molecule has 1 aliphatic rings. The van der Waals surface area contributed by atoms with Crippen molar-refractivity contribution in [2.24, 2.45) is 0 Å². The Morgan fingerprint density at radius 1 is 1.05 bits per heavy atom. The fraction of sp³-hybridized carbons (Fsp3) is 0.562. The van der Waals surface area contributed by atoms with Gasteiger partial charge in [0, 0.05) is 44.5 Å². The minimum absolute atomic E-state index is 0.324. The first-order valence-corrected chi connectivity index (χ1v) is 8.52. The van der Waals surface area contributed by atoms with Crippen molar-refractivity contribution in [2.75, 3.05) is 31.5 Å². The summed E-state index contributed by atoms with van der Waals surface area (Å²) in [6.45, 7) is 4.71. The lowest BCUT2D eigenvalue weighted by molar-refractivity contribution is -0.133. The van der Waals surface area contributed by atoms with Gasteiger partial charge >= 0.3 is 0 Å². The van der Waals surface area contributed by atoms with Crippen molar-refractivity contribution in [3.05, 3.63) is 35.9 Å². The van der Waals surface area contributed by atoms with E-state index in [4.69, 9.17) is 0 Å². The SMILES string of the molecule is O=C(CCCCBr)N1CCN(Cc2ccccc2)CC1. The van der Waals surface area contributed by atoms with E-state index in [9.17, 15) is 4.79 Å². The maximum Gasteiger partial charge on any atom is 0.222 e. The maximum absolute atomic E-state index is 12.0. The van der Waals surface area contributed by atoms with Crippen molar-refractivity contribution in [1.29, 1.82) is 0 Å². The van der Waals surface area contributed by atoms with Gasteiger partial charge in [0.2, 0.25) is 5.91 Å². The van der Waals surface area contributed by atoms with Crippen molar-refractivity contribution in [3.63, 3.8) is 0 Å². The van der Waals surface area contributed by atoms with E-state index in [2.05, 4.69) is 45.1 Å². The molecule has 2 rings (SSSR count). The monoisotopic (exact) mass is 338 g/mol. The molecule has 3 nitrogen and oxygen atoms in total. The average molecular weight is 339 g/mol. The first-order chi connectivity index (χ1) is 9.79. The van der Waals surface area contributed by atoms with Crippen LogP contribution >= 0.6 is 15.9 Å². The van der Waals surface area contributed by atoms with Crippen LogP contribution in [0, 0.1) is 0 Å². The Hall–Kier alpha value is -0.870. The predicted octanol–water partition coefficient (Wildman–Crippen LogP) is 2.90. The summed E-state index contributed by atoms with van der Waals surface area (Å²) in [7, 11) is 0. The average Bonchev–Trinajstić information content (AvgIpc) is 2.49. The Labute approximate surface area is 130 Å². The second-order valence-electron chi connectivity index (χ2n) is 5.29. The van der Waals surface area contributed by atoms with Crippen LogP contribution in [-0.4, -0.2) is 47.2 Å². The van der Waals surface area contributed by atoms with Crippen LogP contribution in [0.25, 0.3) is 0 Å². The van der Waals surface area contributed by atoms with Gasteiger partial charge in [-0.25, -0.2) is 0 Å². The number of nitrogens with zero attached hydrogens (tertiary/aromatic N) is 2. The molecule has 0 aromatic heterocycles. The lowest BCUT2D eigenvalue weighted by atomic mass is 10.2. The molecule has 1 heterocycles. The molecule has 20 heavy (non-hydrogen) atoms. The number of rotatable bonds is 6. The Kier molecular flexibility index (Phi) is 6.54. The van der Waals surface area contributed by atoms with Gasteiger partial charge in [0.25, 0.3) is 0 Å². The van der Waals surface area contributed by atoms with E-state index in [1.807, 2.05) is 11.0 Å². The summed E-state index contributed by atoms with van der Waals surface area (Å²) in [6.07, 6.45) is 2.78. The number of alkyl halides is 1. The summed E-state index contributed by atoms with van der Waals surface area (Å²) in [4.78, 5) is 16.5. The van der Waals surface area contributed by atoms with Gasteiger partial charge in [-0.05, 0) is 18.4 Å². The number of carbonyl (C=O) groups excluding carboxylic acids is 1. The highest BCUT2D eigenvalue weighted by Gasteiger charge is 2.20.